The largest absolute Gasteiger partial charge is 0.313 e. The van der Waals surface area contributed by atoms with E-state index in [9.17, 15) is 17.2 Å². The highest BCUT2D eigenvalue weighted by molar-refractivity contribution is 7.90. The average molecular weight is 312 g/mol. The second kappa shape index (κ2) is 6.63. The highest BCUT2D eigenvalue weighted by Gasteiger charge is 2.17. The van der Waals surface area contributed by atoms with Gasteiger partial charge in [-0.2, -0.15) is 0 Å². The second-order valence-corrected chi connectivity index (χ2v) is 7.07. The number of sulfone groups is 1. The highest BCUT2D eigenvalue weighted by Crippen LogP contribution is 2.26. The third-order valence-corrected chi connectivity index (χ3v) is 4.09. The standard InChI is InChI=1S/C12H16ClF2NO2S/c1-16-12(4-3-5-19(2,17)18)8-6-11(15)9(13)7-10(8)14/h6-7,12,16H,3-5H2,1-2H3. The van der Waals surface area contributed by atoms with Gasteiger partial charge in [0.2, 0.25) is 0 Å². The van der Waals surface area contributed by atoms with Crippen LogP contribution in [0.25, 0.3) is 0 Å². The zero-order valence-corrected chi connectivity index (χ0v) is 12.3. The molecule has 0 aliphatic rings. The molecule has 1 aromatic carbocycles. The molecule has 1 atom stereocenters. The van der Waals surface area contributed by atoms with E-state index in [0.717, 1.165) is 18.4 Å². The van der Waals surface area contributed by atoms with Crippen molar-refractivity contribution in [3.05, 3.63) is 34.4 Å². The molecule has 1 N–H and O–H groups in total. The Morgan fingerprint density at radius 3 is 2.47 bits per heavy atom. The molecule has 3 nitrogen and oxygen atoms in total. The molecule has 1 unspecified atom stereocenters. The van der Waals surface area contributed by atoms with Gasteiger partial charge in [-0.1, -0.05) is 11.6 Å². The van der Waals surface area contributed by atoms with Crippen molar-refractivity contribution in [2.24, 2.45) is 0 Å². The van der Waals surface area contributed by atoms with Gasteiger partial charge < -0.3 is 5.32 Å². The minimum atomic E-state index is -3.05. The van der Waals surface area contributed by atoms with Gasteiger partial charge in [0, 0.05) is 23.6 Å². The number of rotatable bonds is 6. The summed E-state index contributed by atoms with van der Waals surface area (Å²) in [6.07, 6.45) is 1.90. The maximum absolute atomic E-state index is 13.7. The Labute approximate surface area is 116 Å². The molecule has 7 heteroatoms. The van der Waals surface area contributed by atoms with Gasteiger partial charge in [-0.15, -0.1) is 0 Å². The van der Waals surface area contributed by atoms with E-state index in [1.165, 1.54) is 0 Å². The fourth-order valence-electron chi connectivity index (χ4n) is 1.81. The van der Waals surface area contributed by atoms with Gasteiger partial charge in [0.1, 0.15) is 21.5 Å². The summed E-state index contributed by atoms with van der Waals surface area (Å²) in [5.74, 6) is -1.28. The molecule has 0 aliphatic heterocycles. The first kappa shape index (κ1) is 16.3. The Bertz CT molecular complexity index is 549. The van der Waals surface area contributed by atoms with Crippen LogP contribution in [0.15, 0.2) is 12.1 Å². The molecular formula is C12H16ClF2NO2S. The van der Waals surface area contributed by atoms with Crippen molar-refractivity contribution in [1.82, 2.24) is 5.32 Å². The molecule has 0 aromatic heterocycles. The van der Waals surface area contributed by atoms with E-state index in [0.29, 0.717) is 12.8 Å². The van der Waals surface area contributed by atoms with Crippen LogP contribution in [-0.2, 0) is 9.84 Å². The normalized spacial score (nSPS) is 13.5. The molecule has 19 heavy (non-hydrogen) atoms. The van der Waals surface area contributed by atoms with Crippen LogP contribution < -0.4 is 5.32 Å². The Hall–Kier alpha value is -0.720. The molecule has 0 heterocycles. The molecule has 0 radical (unpaired) electrons. The summed E-state index contributed by atoms with van der Waals surface area (Å²) in [5.41, 5.74) is 0.151. The molecule has 0 bridgehead atoms. The quantitative estimate of drug-likeness (QED) is 0.822. The third-order valence-electron chi connectivity index (χ3n) is 2.77. The Morgan fingerprint density at radius 2 is 1.95 bits per heavy atom. The molecule has 108 valence electrons. The van der Waals surface area contributed by atoms with Gasteiger partial charge in [-0.3, -0.25) is 0 Å². The summed E-state index contributed by atoms with van der Waals surface area (Å²) < 4.78 is 49.1. The average Bonchev–Trinajstić information content (AvgIpc) is 2.29. The van der Waals surface area contributed by atoms with E-state index in [2.05, 4.69) is 5.32 Å². The summed E-state index contributed by atoms with van der Waals surface area (Å²) in [6, 6.07) is 1.51. The molecule has 0 saturated carbocycles. The molecule has 1 aromatic rings. The van der Waals surface area contributed by atoms with E-state index in [-0.39, 0.29) is 16.3 Å². The van der Waals surface area contributed by atoms with Crippen molar-refractivity contribution in [1.29, 1.82) is 0 Å². The van der Waals surface area contributed by atoms with Crippen molar-refractivity contribution < 1.29 is 17.2 Å². The van der Waals surface area contributed by atoms with Crippen LogP contribution in [0, 0.1) is 11.6 Å². The number of hydrogen-bond donors (Lipinski definition) is 1. The number of hydrogen-bond acceptors (Lipinski definition) is 3. The van der Waals surface area contributed by atoms with Crippen LogP contribution >= 0.6 is 11.6 Å². The molecule has 0 aliphatic carbocycles. The van der Waals surface area contributed by atoms with Gasteiger partial charge in [0.15, 0.2) is 0 Å². The third kappa shape index (κ3) is 5.04. The number of halogens is 3. The van der Waals surface area contributed by atoms with E-state index in [1.54, 1.807) is 7.05 Å². The molecular weight excluding hydrogens is 296 g/mol. The zero-order valence-electron chi connectivity index (χ0n) is 10.7. The molecule has 0 amide bonds. The van der Waals surface area contributed by atoms with E-state index in [1.807, 2.05) is 0 Å². The van der Waals surface area contributed by atoms with Crippen molar-refractivity contribution >= 4 is 21.4 Å². The van der Waals surface area contributed by atoms with Crippen LogP contribution in [0.1, 0.15) is 24.4 Å². The van der Waals surface area contributed by atoms with Crippen LogP contribution in [0.3, 0.4) is 0 Å². The predicted molar refractivity (Wildman–Crippen MR) is 72.1 cm³/mol. The van der Waals surface area contributed by atoms with Gasteiger partial charge in [-0.05, 0) is 32.0 Å². The first-order chi connectivity index (χ1) is 8.74. The summed E-state index contributed by atoms with van der Waals surface area (Å²) >= 11 is 5.48. The first-order valence-electron chi connectivity index (χ1n) is 5.74. The lowest BCUT2D eigenvalue weighted by Crippen LogP contribution is -2.19. The fraction of sp³-hybridized carbons (Fsp3) is 0.500. The van der Waals surface area contributed by atoms with Crippen molar-refractivity contribution in [3.8, 4) is 0 Å². The van der Waals surface area contributed by atoms with Crippen molar-refractivity contribution in [2.75, 3.05) is 19.1 Å². The minimum absolute atomic E-state index is 0.0167. The monoisotopic (exact) mass is 311 g/mol. The van der Waals surface area contributed by atoms with E-state index >= 15 is 0 Å². The van der Waals surface area contributed by atoms with Gasteiger partial charge >= 0.3 is 0 Å². The summed E-state index contributed by atoms with van der Waals surface area (Å²) in [5, 5.41) is 2.58. The van der Waals surface area contributed by atoms with Crippen molar-refractivity contribution in [2.45, 2.75) is 18.9 Å². The maximum atomic E-state index is 13.7. The Morgan fingerprint density at radius 1 is 1.32 bits per heavy atom. The van der Waals surface area contributed by atoms with Gasteiger partial charge in [-0.25, -0.2) is 17.2 Å². The van der Waals surface area contributed by atoms with Crippen LogP contribution in [0.2, 0.25) is 5.02 Å². The lowest BCUT2D eigenvalue weighted by molar-refractivity contribution is 0.495. The van der Waals surface area contributed by atoms with Crippen molar-refractivity contribution in [3.63, 3.8) is 0 Å². The van der Waals surface area contributed by atoms with E-state index in [4.69, 9.17) is 11.6 Å². The maximum Gasteiger partial charge on any atom is 0.147 e. The predicted octanol–water partition coefficient (Wildman–Crippen LogP) is 2.70. The summed E-state index contributed by atoms with van der Waals surface area (Å²) in [7, 11) is -1.44. The first-order valence-corrected chi connectivity index (χ1v) is 8.18. The topological polar surface area (TPSA) is 46.2 Å². The smallest absolute Gasteiger partial charge is 0.147 e. The van der Waals surface area contributed by atoms with E-state index < -0.39 is 27.5 Å². The molecule has 1 rings (SSSR count). The number of benzene rings is 1. The Kier molecular flexibility index (Phi) is 5.70. The Balaban J connectivity index is 2.83. The van der Waals surface area contributed by atoms with Crippen LogP contribution in [-0.4, -0.2) is 27.5 Å². The molecule has 0 fully saturated rings. The van der Waals surface area contributed by atoms with Gasteiger partial charge in [0.05, 0.1) is 5.02 Å². The van der Waals surface area contributed by atoms with Crippen LogP contribution in [0.5, 0.6) is 0 Å². The number of nitrogens with one attached hydrogen (secondary N) is 1. The summed E-state index contributed by atoms with van der Waals surface area (Å²) in [4.78, 5) is 0. The lowest BCUT2D eigenvalue weighted by Gasteiger charge is -2.17. The van der Waals surface area contributed by atoms with Gasteiger partial charge in [0.25, 0.3) is 0 Å². The molecule has 0 spiro atoms. The SMILES string of the molecule is CNC(CCCS(C)(=O)=O)c1cc(F)c(Cl)cc1F. The zero-order chi connectivity index (χ0) is 14.6. The summed E-state index contributed by atoms with van der Waals surface area (Å²) in [6.45, 7) is 0. The lowest BCUT2D eigenvalue weighted by atomic mass is 10.0. The minimum Gasteiger partial charge on any atom is -0.313 e. The molecule has 0 saturated heterocycles. The highest BCUT2D eigenvalue weighted by atomic mass is 35.5. The fourth-order valence-corrected chi connectivity index (χ4v) is 2.65. The second-order valence-electron chi connectivity index (χ2n) is 4.40. The van der Waals surface area contributed by atoms with Crippen LogP contribution in [0.4, 0.5) is 8.78 Å².